The van der Waals surface area contributed by atoms with Gasteiger partial charge in [0.15, 0.2) is 6.10 Å². The first-order chi connectivity index (χ1) is 11.1. The van der Waals surface area contributed by atoms with E-state index in [0.717, 1.165) is 15.2 Å². The van der Waals surface area contributed by atoms with E-state index in [0.29, 0.717) is 11.5 Å². The van der Waals surface area contributed by atoms with Crippen molar-refractivity contribution in [1.82, 2.24) is 0 Å². The van der Waals surface area contributed by atoms with Crippen molar-refractivity contribution in [3.8, 4) is 11.5 Å². The van der Waals surface area contributed by atoms with Gasteiger partial charge in [-0.25, -0.2) is 4.79 Å². The van der Waals surface area contributed by atoms with Crippen molar-refractivity contribution < 1.29 is 14.3 Å². The van der Waals surface area contributed by atoms with E-state index in [1.807, 2.05) is 48.5 Å². The summed E-state index contributed by atoms with van der Waals surface area (Å²) in [6, 6.07) is 20.7. The zero-order chi connectivity index (χ0) is 16.2. The van der Waals surface area contributed by atoms with Gasteiger partial charge in [-0.2, -0.15) is 0 Å². The van der Waals surface area contributed by atoms with Crippen LogP contribution in [-0.4, -0.2) is 12.1 Å². The number of ether oxygens (including phenoxy) is 2. The quantitative estimate of drug-likeness (QED) is 0.480. The second-order valence-corrected chi connectivity index (χ2v) is 6.03. The summed E-state index contributed by atoms with van der Waals surface area (Å²) in [4.78, 5) is 12.3. The van der Waals surface area contributed by atoms with Crippen LogP contribution >= 0.6 is 15.9 Å². The normalized spacial score (nSPS) is 11.9. The van der Waals surface area contributed by atoms with Crippen molar-refractivity contribution >= 4 is 32.7 Å². The highest BCUT2D eigenvalue weighted by Crippen LogP contribution is 2.26. The van der Waals surface area contributed by atoms with E-state index in [4.69, 9.17) is 9.47 Å². The summed E-state index contributed by atoms with van der Waals surface area (Å²) in [5.41, 5.74) is 0. The molecule has 0 heterocycles. The topological polar surface area (TPSA) is 35.5 Å². The molecule has 0 bridgehead atoms. The van der Waals surface area contributed by atoms with Crippen LogP contribution in [0.1, 0.15) is 6.92 Å². The molecule has 0 aliphatic heterocycles. The maximum Gasteiger partial charge on any atom is 0.352 e. The molecule has 116 valence electrons. The predicted octanol–water partition coefficient (Wildman–Crippen LogP) is 4.98. The standard InChI is InChI=1S/C19H15BrO3/c1-13(22-16-11-9-15(20)10-12-16)19(21)23-18-8-4-6-14-5-2-3-7-17(14)18/h2-13H,1H3. The minimum atomic E-state index is -0.699. The molecule has 0 amide bonds. The Balaban J connectivity index is 1.74. The zero-order valence-electron chi connectivity index (χ0n) is 12.5. The van der Waals surface area contributed by atoms with Crippen molar-refractivity contribution in [2.45, 2.75) is 13.0 Å². The molecule has 0 aliphatic carbocycles. The van der Waals surface area contributed by atoms with Crippen LogP contribution in [-0.2, 0) is 4.79 Å². The lowest BCUT2D eigenvalue weighted by Gasteiger charge is -2.14. The second-order valence-electron chi connectivity index (χ2n) is 5.11. The van der Waals surface area contributed by atoms with Gasteiger partial charge in [-0.1, -0.05) is 52.3 Å². The van der Waals surface area contributed by atoms with E-state index in [2.05, 4.69) is 15.9 Å². The summed E-state index contributed by atoms with van der Waals surface area (Å²) >= 11 is 3.36. The van der Waals surface area contributed by atoms with Gasteiger partial charge < -0.3 is 9.47 Å². The molecule has 0 N–H and O–H groups in total. The SMILES string of the molecule is CC(Oc1ccc(Br)cc1)C(=O)Oc1cccc2ccccc12. The highest BCUT2D eigenvalue weighted by atomic mass is 79.9. The average Bonchev–Trinajstić information content (AvgIpc) is 2.57. The van der Waals surface area contributed by atoms with Crippen molar-refractivity contribution in [1.29, 1.82) is 0 Å². The summed E-state index contributed by atoms with van der Waals surface area (Å²) in [7, 11) is 0. The van der Waals surface area contributed by atoms with Gasteiger partial charge in [0, 0.05) is 9.86 Å². The fraction of sp³-hybridized carbons (Fsp3) is 0.105. The van der Waals surface area contributed by atoms with Gasteiger partial charge in [-0.15, -0.1) is 0 Å². The van der Waals surface area contributed by atoms with Crippen molar-refractivity contribution in [2.75, 3.05) is 0 Å². The van der Waals surface area contributed by atoms with E-state index in [9.17, 15) is 4.79 Å². The number of hydrogen-bond donors (Lipinski definition) is 0. The first-order valence-corrected chi connectivity index (χ1v) is 8.04. The summed E-state index contributed by atoms with van der Waals surface area (Å²) in [6.07, 6.45) is -0.699. The molecule has 3 rings (SSSR count). The number of halogens is 1. The third-order valence-electron chi connectivity index (χ3n) is 3.42. The first-order valence-electron chi connectivity index (χ1n) is 7.25. The predicted molar refractivity (Wildman–Crippen MR) is 93.8 cm³/mol. The Morgan fingerprint density at radius 3 is 2.43 bits per heavy atom. The number of esters is 1. The van der Waals surface area contributed by atoms with Gasteiger partial charge in [0.2, 0.25) is 0 Å². The highest BCUT2D eigenvalue weighted by Gasteiger charge is 2.18. The van der Waals surface area contributed by atoms with Crippen LogP contribution in [0.25, 0.3) is 10.8 Å². The lowest BCUT2D eigenvalue weighted by Crippen LogP contribution is -2.28. The highest BCUT2D eigenvalue weighted by molar-refractivity contribution is 9.10. The lowest BCUT2D eigenvalue weighted by molar-refractivity contribution is -0.141. The molecule has 0 saturated carbocycles. The van der Waals surface area contributed by atoms with E-state index < -0.39 is 12.1 Å². The molecule has 0 aromatic heterocycles. The molecule has 1 unspecified atom stereocenters. The fourth-order valence-corrected chi connectivity index (χ4v) is 2.51. The van der Waals surface area contributed by atoms with Crippen LogP contribution in [0.2, 0.25) is 0 Å². The van der Waals surface area contributed by atoms with Crippen LogP contribution < -0.4 is 9.47 Å². The maximum atomic E-state index is 12.3. The van der Waals surface area contributed by atoms with Gasteiger partial charge in [0.25, 0.3) is 0 Å². The van der Waals surface area contributed by atoms with Crippen LogP contribution in [0.5, 0.6) is 11.5 Å². The number of benzene rings is 3. The zero-order valence-corrected chi connectivity index (χ0v) is 14.1. The number of carbonyl (C=O) groups is 1. The Labute approximate surface area is 143 Å². The first kappa shape index (κ1) is 15.6. The number of rotatable bonds is 4. The molecule has 0 radical (unpaired) electrons. The summed E-state index contributed by atoms with van der Waals surface area (Å²) in [5.74, 6) is 0.735. The molecule has 0 saturated heterocycles. The van der Waals surface area contributed by atoms with E-state index in [-0.39, 0.29) is 0 Å². The summed E-state index contributed by atoms with van der Waals surface area (Å²) in [5, 5.41) is 1.93. The minimum Gasteiger partial charge on any atom is -0.479 e. The molecule has 23 heavy (non-hydrogen) atoms. The number of hydrogen-bond acceptors (Lipinski definition) is 3. The van der Waals surface area contributed by atoms with Crippen LogP contribution in [0.3, 0.4) is 0 Å². The largest absolute Gasteiger partial charge is 0.479 e. The molecule has 0 aliphatic rings. The van der Waals surface area contributed by atoms with Gasteiger partial charge in [0.05, 0.1) is 0 Å². The monoisotopic (exact) mass is 370 g/mol. The lowest BCUT2D eigenvalue weighted by atomic mass is 10.1. The summed E-state index contributed by atoms with van der Waals surface area (Å²) in [6.45, 7) is 1.68. The second kappa shape index (κ2) is 6.84. The molecule has 3 aromatic rings. The molecular weight excluding hydrogens is 356 g/mol. The number of carbonyl (C=O) groups excluding carboxylic acids is 1. The Hall–Kier alpha value is -2.33. The van der Waals surface area contributed by atoms with Gasteiger partial charge in [-0.3, -0.25) is 0 Å². The smallest absolute Gasteiger partial charge is 0.352 e. The average molecular weight is 371 g/mol. The van der Waals surface area contributed by atoms with Crippen LogP contribution in [0.4, 0.5) is 0 Å². The molecular formula is C19H15BrO3. The Morgan fingerprint density at radius 2 is 1.65 bits per heavy atom. The van der Waals surface area contributed by atoms with E-state index >= 15 is 0 Å². The molecule has 0 spiro atoms. The van der Waals surface area contributed by atoms with Gasteiger partial charge >= 0.3 is 5.97 Å². The fourth-order valence-electron chi connectivity index (χ4n) is 2.24. The molecule has 3 nitrogen and oxygen atoms in total. The van der Waals surface area contributed by atoms with E-state index in [1.54, 1.807) is 25.1 Å². The van der Waals surface area contributed by atoms with Gasteiger partial charge in [-0.05, 0) is 42.6 Å². The maximum absolute atomic E-state index is 12.3. The molecule has 3 aromatic carbocycles. The summed E-state index contributed by atoms with van der Waals surface area (Å²) < 4.78 is 12.1. The third kappa shape index (κ3) is 3.71. The van der Waals surface area contributed by atoms with Crippen LogP contribution in [0.15, 0.2) is 71.2 Å². The Morgan fingerprint density at radius 1 is 0.957 bits per heavy atom. The Bertz CT molecular complexity index is 822. The molecule has 1 atom stereocenters. The Kier molecular flexibility index (Phi) is 4.63. The molecule has 0 fully saturated rings. The van der Waals surface area contributed by atoms with E-state index in [1.165, 1.54) is 0 Å². The van der Waals surface area contributed by atoms with Crippen LogP contribution in [0, 0.1) is 0 Å². The third-order valence-corrected chi connectivity index (χ3v) is 3.95. The van der Waals surface area contributed by atoms with Crippen molar-refractivity contribution in [2.24, 2.45) is 0 Å². The molecule has 4 heteroatoms. The minimum absolute atomic E-state index is 0.427. The van der Waals surface area contributed by atoms with Crippen molar-refractivity contribution in [3.63, 3.8) is 0 Å². The van der Waals surface area contributed by atoms with Crippen molar-refractivity contribution in [3.05, 3.63) is 71.2 Å². The number of fused-ring (bicyclic) bond motifs is 1. The van der Waals surface area contributed by atoms with Gasteiger partial charge in [0.1, 0.15) is 11.5 Å².